The zero-order valence-electron chi connectivity index (χ0n) is 13.4. The number of hydrogen-bond acceptors (Lipinski definition) is 6. The molecule has 1 aliphatic rings. The molecule has 0 saturated carbocycles. The molecular formula is C16H18N2O4S. The van der Waals surface area contributed by atoms with Gasteiger partial charge in [0.25, 0.3) is 0 Å². The molecule has 2 heterocycles. The maximum atomic E-state index is 12.0. The smallest absolute Gasteiger partial charge is 0.446 e. The molecule has 0 spiro atoms. The van der Waals surface area contributed by atoms with E-state index in [2.05, 4.69) is 5.16 Å². The Hall–Kier alpha value is -1.99. The molecule has 1 atom stereocenters. The molecule has 1 aromatic carbocycles. The Morgan fingerprint density at radius 2 is 2.00 bits per heavy atom. The monoisotopic (exact) mass is 334 g/mol. The van der Waals surface area contributed by atoms with Crippen molar-refractivity contribution in [2.75, 3.05) is 7.11 Å². The Balaban J connectivity index is 2.20. The molecule has 0 saturated heterocycles. The molecule has 2 aromatic rings. The van der Waals surface area contributed by atoms with Gasteiger partial charge in [-0.1, -0.05) is 29.1 Å². The van der Waals surface area contributed by atoms with Crippen LogP contribution < -0.4 is 10.5 Å². The third-order valence-corrected chi connectivity index (χ3v) is 4.82. The number of ether oxygens (including phenoxy) is 2. The van der Waals surface area contributed by atoms with Crippen molar-refractivity contribution < 1.29 is 14.0 Å². The minimum atomic E-state index is -0.938. The summed E-state index contributed by atoms with van der Waals surface area (Å²) in [6, 6.07) is 7.53. The molecule has 0 aliphatic carbocycles. The van der Waals surface area contributed by atoms with Gasteiger partial charge in [-0.05, 0) is 38.3 Å². The average Bonchev–Trinajstić information content (AvgIpc) is 2.93. The molecule has 0 N–H and O–H groups in total. The quantitative estimate of drug-likeness (QED) is 0.856. The van der Waals surface area contributed by atoms with Crippen LogP contribution in [0.15, 0.2) is 39.0 Å². The Labute approximate surface area is 138 Å². The Bertz CT molecular complexity index is 791. The van der Waals surface area contributed by atoms with Gasteiger partial charge in [0.05, 0.1) is 13.2 Å². The predicted octanol–water partition coefficient (Wildman–Crippen LogP) is 3.04. The summed E-state index contributed by atoms with van der Waals surface area (Å²) < 4.78 is 17.8. The number of allylic oxidation sites excluding steroid dienone is 1. The van der Waals surface area contributed by atoms with Crippen LogP contribution in [0.1, 0.15) is 32.2 Å². The van der Waals surface area contributed by atoms with Gasteiger partial charge in [0, 0.05) is 11.3 Å². The van der Waals surface area contributed by atoms with Gasteiger partial charge in [-0.3, -0.25) is 4.52 Å². The van der Waals surface area contributed by atoms with Crippen LogP contribution in [0.3, 0.4) is 0 Å². The summed E-state index contributed by atoms with van der Waals surface area (Å²) >= 11 is 1.46. The number of fused-ring (bicyclic) bond motifs is 1. The summed E-state index contributed by atoms with van der Waals surface area (Å²) in [6.07, 6.45) is -0.0725. The van der Waals surface area contributed by atoms with E-state index >= 15 is 0 Å². The zero-order chi connectivity index (χ0) is 16.6. The second-order valence-electron chi connectivity index (χ2n) is 5.50. The fourth-order valence-electron chi connectivity index (χ4n) is 2.53. The molecule has 1 unspecified atom stereocenters. The van der Waals surface area contributed by atoms with Crippen LogP contribution in [0, 0.1) is 0 Å². The number of hydrogen-bond donors (Lipinski definition) is 0. The minimum Gasteiger partial charge on any atom is -0.497 e. The average molecular weight is 334 g/mol. The lowest BCUT2D eigenvalue weighted by molar-refractivity contribution is -0.00166. The van der Waals surface area contributed by atoms with E-state index in [1.54, 1.807) is 7.11 Å². The molecule has 0 bridgehead atoms. The minimum absolute atomic E-state index is 0.0725. The highest BCUT2D eigenvalue weighted by molar-refractivity contribution is 8.03. The van der Waals surface area contributed by atoms with E-state index in [4.69, 9.17) is 14.0 Å². The van der Waals surface area contributed by atoms with Gasteiger partial charge < -0.3 is 9.47 Å². The fourth-order valence-corrected chi connectivity index (χ4v) is 3.73. The van der Waals surface area contributed by atoms with Crippen LogP contribution >= 0.6 is 11.8 Å². The maximum absolute atomic E-state index is 12.0. The van der Waals surface area contributed by atoms with Gasteiger partial charge in [-0.25, -0.2) is 9.36 Å². The lowest BCUT2D eigenvalue weighted by atomic mass is 10.1. The molecule has 3 rings (SSSR count). The van der Waals surface area contributed by atoms with E-state index in [-0.39, 0.29) is 6.10 Å². The topological polar surface area (TPSA) is 66.5 Å². The number of benzene rings is 1. The fraction of sp³-hybridized carbons (Fsp3) is 0.375. The highest BCUT2D eigenvalue weighted by Crippen LogP contribution is 2.48. The van der Waals surface area contributed by atoms with Crippen molar-refractivity contribution in [3.8, 4) is 5.75 Å². The van der Waals surface area contributed by atoms with E-state index in [1.165, 1.54) is 16.3 Å². The van der Waals surface area contributed by atoms with E-state index in [0.717, 1.165) is 17.0 Å². The number of rotatable bonds is 4. The van der Waals surface area contributed by atoms with Crippen LogP contribution in [0.25, 0.3) is 5.70 Å². The van der Waals surface area contributed by atoms with Crippen LogP contribution in [-0.4, -0.2) is 22.9 Å². The summed E-state index contributed by atoms with van der Waals surface area (Å²) in [6.45, 7) is 5.72. The maximum Gasteiger partial charge on any atom is 0.446 e. The Morgan fingerprint density at radius 1 is 1.30 bits per heavy atom. The number of methoxy groups -OCH3 is 1. The van der Waals surface area contributed by atoms with Crippen LogP contribution in [0.4, 0.5) is 0 Å². The molecule has 0 fully saturated rings. The SMILES string of the molecule is COc1ccc(C2(OC(C)C)SC=C(C)n3c2noc3=O)cc1. The van der Waals surface area contributed by atoms with Crippen molar-refractivity contribution in [1.29, 1.82) is 0 Å². The molecule has 7 heteroatoms. The molecule has 122 valence electrons. The van der Waals surface area contributed by atoms with Gasteiger partial charge in [0.15, 0.2) is 0 Å². The molecule has 23 heavy (non-hydrogen) atoms. The van der Waals surface area contributed by atoms with Crippen LogP contribution in [0.5, 0.6) is 5.75 Å². The molecule has 6 nitrogen and oxygen atoms in total. The summed E-state index contributed by atoms with van der Waals surface area (Å²) in [4.78, 5) is 11.0. The second-order valence-corrected chi connectivity index (χ2v) is 6.54. The van der Waals surface area contributed by atoms with Crippen molar-refractivity contribution in [1.82, 2.24) is 9.72 Å². The first-order valence-electron chi connectivity index (χ1n) is 7.24. The van der Waals surface area contributed by atoms with Gasteiger partial charge >= 0.3 is 5.76 Å². The first-order valence-corrected chi connectivity index (χ1v) is 8.12. The van der Waals surface area contributed by atoms with Crippen molar-refractivity contribution in [2.45, 2.75) is 31.8 Å². The van der Waals surface area contributed by atoms with E-state index < -0.39 is 10.7 Å². The molecule has 0 amide bonds. The molecule has 0 radical (unpaired) electrons. The van der Waals surface area contributed by atoms with Crippen molar-refractivity contribution in [2.24, 2.45) is 0 Å². The number of aromatic nitrogens is 2. The third-order valence-electron chi connectivity index (χ3n) is 3.52. The van der Waals surface area contributed by atoms with Crippen molar-refractivity contribution >= 4 is 17.5 Å². The second kappa shape index (κ2) is 5.90. The first kappa shape index (κ1) is 15.9. The van der Waals surface area contributed by atoms with Crippen LogP contribution in [-0.2, 0) is 9.67 Å². The molecule has 1 aromatic heterocycles. The largest absolute Gasteiger partial charge is 0.497 e. The first-order chi connectivity index (χ1) is 11.0. The standard InChI is InChI=1S/C16H18N2O4S/c1-10(2)21-16(12-5-7-13(20-4)8-6-12)14-17-22-15(19)18(14)11(3)9-23-16/h5-10H,1-4H3. The predicted molar refractivity (Wildman–Crippen MR) is 88.3 cm³/mol. The number of thioether (sulfide) groups is 1. The van der Waals surface area contributed by atoms with Gasteiger partial charge in [0.1, 0.15) is 5.75 Å². The zero-order valence-corrected chi connectivity index (χ0v) is 14.2. The third kappa shape index (κ3) is 2.60. The summed E-state index contributed by atoms with van der Waals surface area (Å²) in [5.74, 6) is 0.671. The van der Waals surface area contributed by atoms with Crippen molar-refractivity contribution in [3.63, 3.8) is 0 Å². The summed E-state index contributed by atoms with van der Waals surface area (Å²) in [5.41, 5.74) is 1.62. The van der Waals surface area contributed by atoms with Gasteiger partial charge in [-0.15, -0.1) is 0 Å². The molecular weight excluding hydrogens is 316 g/mol. The normalized spacial score (nSPS) is 20.3. The summed E-state index contributed by atoms with van der Waals surface area (Å²) in [5, 5.41) is 5.88. The van der Waals surface area contributed by atoms with Gasteiger partial charge in [-0.2, -0.15) is 0 Å². The Morgan fingerprint density at radius 3 is 2.61 bits per heavy atom. The number of nitrogens with zero attached hydrogens (tertiary/aromatic N) is 2. The van der Waals surface area contributed by atoms with Crippen molar-refractivity contribution in [3.05, 3.63) is 51.6 Å². The summed E-state index contributed by atoms with van der Waals surface area (Å²) in [7, 11) is 1.62. The van der Waals surface area contributed by atoms with Gasteiger partial charge in [0.2, 0.25) is 10.8 Å². The van der Waals surface area contributed by atoms with E-state index in [0.29, 0.717) is 5.82 Å². The van der Waals surface area contributed by atoms with Crippen LogP contribution in [0.2, 0.25) is 0 Å². The lowest BCUT2D eigenvalue weighted by Crippen LogP contribution is -2.36. The Kier molecular flexibility index (Phi) is 4.08. The highest BCUT2D eigenvalue weighted by Gasteiger charge is 2.45. The van der Waals surface area contributed by atoms with E-state index in [9.17, 15) is 4.79 Å². The molecule has 1 aliphatic heterocycles. The lowest BCUT2D eigenvalue weighted by Gasteiger charge is -2.35. The van der Waals surface area contributed by atoms with E-state index in [1.807, 2.05) is 50.4 Å². The highest BCUT2D eigenvalue weighted by atomic mass is 32.2.